The van der Waals surface area contributed by atoms with Crippen molar-refractivity contribution >= 4 is 17.5 Å². The van der Waals surface area contributed by atoms with Gasteiger partial charge in [0.25, 0.3) is 0 Å². The van der Waals surface area contributed by atoms with Gasteiger partial charge in [-0.25, -0.2) is 4.98 Å². The van der Waals surface area contributed by atoms with Crippen molar-refractivity contribution in [2.75, 3.05) is 5.73 Å². The van der Waals surface area contributed by atoms with Crippen LogP contribution >= 0.6 is 11.6 Å². The molecule has 0 atom stereocenters. The molecule has 72 valence electrons. The number of aromatic amines is 1. The van der Waals surface area contributed by atoms with Gasteiger partial charge in [-0.15, -0.1) is 0 Å². The summed E-state index contributed by atoms with van der Waals surface area (Å²) in [5.41, 5.74) is 8.20. The lowest BCUT2D eigenvalue weighted by atomic mass is 10.1. The number of rotatable bonds is 1. The van der Waals surface area contributed by atoms with E-state index in [1.807, 2.05) is 31.2 Å². The van der Waals surface area contributed by atoms with Gasteiger partial charge in [0.15, 0.2) is 5.95 Å². The van der Waals surface area contributed by atoms with Crippen molar-refractivity contribution in [2.24, 2.45) is 0 Å². The zero-order valence-electron chi connectivity index (χ0n) is 7.71. The molecule has 0 aliphatic rings. The summed E-state index contributed by atoms with van der Waals surface area (Å²) in [4.78, 5) is 7.12. The van der Waals surface area contributed by atoms with Gasteiger partial charge in [0.1, 0.15) is 0 Å². The van der Waals surface area contributed by atoms with Crippen LogP contribution in [0.5, 0.6) is 0 Å². The Kier molecular flexibility index (Phi) is 2.17. The van der Waals surface area contributed by atoms with Crippen LogP contribution in [-0.4, -0.2) is 9.97 Å². The summed E-state index contributed by atoms with van der Waals surface area (Å²) in [6, 6.07) is 7.56. The van der Waals surface area contributed by atoms with Crippen LogP contribution in [0.15, 0.2) is 24.3 Å². The highest BCUT2D eigenvalue weighted by Crippen LogP contribution is 2.28. The van der Waals surface area contributed by atoms with Crippen molar-refractivity contribution in [3.05, 3.63) is 35.0 Å². The van der Waals surface area contributed by atoms with E-state index < -0.39 is 0 Å². The number of hydrogen-bond acceptors (Lipinski definition) is 2. The smallest absolute Gasteiger partial charge is 0.198 e. The topological polar surface area (TPSA) is 54.7 Å². The van der Waals surface area contributed by atoms with Crippen LogP contribution in [-0.2, 0) is 0 Å². The molecule has 0 bridgehead atoms. The summed E-state index contributed by atoms with van der Waals surface area (Å²) in [7, 11) is 0. The molecule has 2 rings (SSSR count). The lowest BCUT2D eigenvalue weighted by Gasteiger charge is -2.00. The van der Waals surface area contributed by atoms with Crippen molar-refractivity contribution in [3.8, 4) is 11.3 Å². The molecule has 14 heavy (non-hydrogen) atoms. The first-order valence-electron chi connectivity index (χ1n) is 4.25. The zero-order chi connectivity index (χ0) is 10.1. The Balaban J connectivity index is 2.60. The molecule has 1 aromatic heterocycles. The second kappa shape index (κ2) is 3.35. The number of imidazole rings is 1. The average molecular weight is 208 g/mol. The minimum atomic E-state index is 0.414. The van der Waals surface area contributed by atoms with Gasteiger partial charge in [0.2, 0.25) is 0 Å². The Morgan fingerprint density at radius 3 is 2.64 bits per heavy atom. The van der Waals surface area contributed by atoms with E-state index in [1.54, 1.807) is 0 Å². The first-order valence-corrected chi connectivity index (χ1v) is 4.63. The molecule has 0 aliphatic carbocycles. The molecule has 0 aliphatic heterocycles. The second-order valence-corrected chi connectivity index (χ2v) is 3.48. The fraction of sp³-hybridized carbons (Fsp3) is 0.100. The van der Waals surface area contributed by atoms with Gasteiger partial charge >= 0.3 is 0 Å². The molecule has 0 unspecified atom stereocenters. The van der Waals surface area contributed by atoms with Crippen molar-refractivity contribution in [2.45, 2.75) is 6.92 Å². The number of nitrogens with one attached hydrogen (secondary N) is 1. The third kappa shape index (κ3) is 1.46. The van der Waals surface area contributed by atoms with Crippen LogP contribution in [0.25, 0.3) is 11.3 Å². The Morgan fingerprint density at radius 1 is 1.36 bits per heavy atom. The van der Waals surface area contributed by atoms with Crippen molar-refractivity contribution in [1.82, 2.24) is 9.97 Å². The van der Waals surface area contributed by atoms with Crippen LogP contribution in [0.4, 0.5) is 5.95 Å². The van der Waals surface area contributed by atoms with E-state index in [0.29, 0.717) is 11.0 Å². The van der Waals surface area contributed by atoms with E-state index in [1.165, 1.54) is 0 Å². The molecule has 0 saturated heterocycles. The monoisotopic (exact) mass is 207 g/mol. The SMILES string of the molecule is Cc1[nH]c(N)nc1-c1ccccc1Cl. The highest BCUT2D eigenvalue weighted by Gasteiger charge is 2.09. The Morgan fingerprint density at radius 2 is 2.07 bits per heavy atom. The highest BCUT2D eigenvalue weighted by molar-refractivity contribution is 6.33. The van der Waals surface area contributed by atoms with Crippen LogP contribution in [0.3, 0.4) is 0 Å². The van der Waals surface area contributed by atoms with Crippen molar-refractivity contribution < 1.29 is 0 Å². The number of hydrogen-bond donors (Lipinski definition) is 2. The van der Waals surface area contributed by atoms with Crippen LogP contribution in [0.1, 0.15) is 5.69 Å². The molecule has 0 radical (unpaired) electrons. The van der Waals surface area contributed by atoms with Gasteiger partial charge in [-0.1, -0.05) is 29.8 Å². The van der Waals surface area contributed by atoms with E-state index in [4.69, 9.17) is 17.3 Å². The second-order valence-electron chi connectivity index (χ2n) is 3.08. The molecule has 2 aromatic rings. The Hall–Kier alpha value is -1.48. The number of benzene rings is 1. The van der Waals surface area contributed by atoms with Gasteiger partial charge in [-0.2, -0.15) is 0 Å². The average Bonchev–Trinajstić information content (AvgIpc) is 2.46. The summed E-state index contributed by atoms with van der Waals surface area (Å²) in [6.45, 7) is 1.92. The Labute approximate surface area is 86.9 Å². The van der Waals surface area contributed by atoms with Gasteiger partial charge in [-0.05, 0) is 13.0 Å². The largest absolute Gasteiger partial charge is 0.369 e. The number of H-pyrrole nitrogens is 1. The molecule has 0 saturated carbocycles. The maximum absolute atomic E-state index is 6.05. The minimum absolute atomic E-state index is 0.414. The van der Waals surface area contributed by atoms with Crippen molar-refractivity contribution in [1.29, 1.82) is 0 Å². The molecule has 0 amide bonds. The number of anilines is 1. The highest BCUT2D eigenvalue weighted by atomic mass is 35.5. The number of nitrogens with zero attached hydrogens (tertiary/aromatic N) is 1. The number of aryl methyl sites for hydroxylation is 1. The lowest BCUT2D eigenvalue weighted by molar-refractivity contribution is 1.26. The fourth-order valence-corrected chi connectivity index (χ4v) is 1.62. The van der Waals surface area contributed by atoms with E-state index in [0.717, 1.165) is 17.0 Å². The predicted molar refractivity (Wildman–Crippen MR) is 58.2 cm³/mol. The molecule has 0 fully saturated rings. The summed E-state index contributed by atoms with van der Waals surface area (Å²) in [6.07, 6.45) is 0. The fourth-order valence-electron chi connectivity index (χ4n) is 1.40. The zero-order valence-corrected chi connectivity index (χ0v) is 8.47. The predicted octanol–water partition coefficient (Wildman–Crippen LogP) is 2.62. The molecule has 1 aromatic carbocycles. The maximum atomic E-state index is 6.05. The molecule has 0 spiro atoms. The molecule has 3 N–H and O–H groups in total. The molecule has 1 heterocycles. The first kappa shape index (κ1) is 9.09. The van der Waals surface area contributed by atoms with Crippen LogP contribution in [0, 0.1) is 6.92 Å². The van der Waals surface area contributed by atoms with Crippen LogP contribution in [0.2, 0.25) is 5.02 Å². The molecule has 3 nitrogen and oxygen atoms in total. The van der Waals surface area contributed by atoms with E-state index in [-0.39, 0.29) is 0 Å². The van der Waals surface area contributed by atoms with Crippen LogP contribution < -0.4 is 5.73 Å². The molecular weight excluding hydrogens is 198 g/mol. The third-order valence-electron chi connectivity index (χ3n) is 2.03. The standard InChI is InChI=1S/C10H10ClN3/c1-6-9(14-10(12)13-6)7-4-2-3-5-8(7)11/h2-5H,1H3,(H3,12,13,14). The van der Waals surface area contributed by atoms with Gasteiger partial charge in [-0.3, -0.25) is 0 Å². The molecular formula is C10H10ClN3. The number of aromatic nitrogens is 2. The first-order chi connectivity index (χ1) is 6.68. The van der Waals surface area contributed by atoms with E-state index in [9.17, 15) is 0 Å². The minimum Gasteiger partial charge on any atom is -0.369 e. The van der Waals surface area contributed by atoms with Crippen molar-refractivity contribution in [3.63, 3.8) is 0 Å². The summed E-state index contributed by atoms with van der Waals surface area (Å²) < 4.78 is 0. The normalized spacial score (nSPS) is 10.4. The van der Waals surface area contributed by atoms with Gasteiger partial charge < -0.3 is 10.7 Å². The quantitative estimate of drug-likeness (QED) is 0.755. The number of halogens is 1. The van der Waals surface area contributed by atoms with Gasteiger partial charge in [0, 0.05) is 11.3 Å². The Bertz CT molecular complexity index is 462. The molecule has 4 heteroatoms. The number of nitrogens with two attached hydrogens (primary N) is 1. The van der Waals surface area contributed by atoms with Gasteiger partial charge in [0.05, 0.1) is 10.7 Å². The third-order valence-corrected chi connectivity index (χ3v) is 2.36. The van der Waals surface area contributed by atoms with E-state index in [2.05, 4.69) is 9.97 Å². The summed E-state index contributed by atoms with van der Waals surface area (Å²) in [5.74, 6) is 0.414. The van der Waals surface area contributed by atoms with E-state index >= 15 is 0 Å². The summed E-state index contributed by atoms with van der Waals surface area (Å²) >= 11 is 6.05. The lowest BCUT2D eigenvalue weighted by Crippen LogP contribution is -1.85. The maximum Gasteiger partial charge on any atom is 0.198 e. The number of nitrogen functional groups attached to an aromatic ring is 1. The summed E-state index contributed by atoms with van der Waals surface area (Å²) in [5, 5.41) is 0.683.